The van der Waals surface area contributed by atoms with E-state index < -0.39 is 6.04 Å². The zero-order valence-corrected chi connectivity index (χ0v) is 13.3. The molecule has 0 bridgehead atoms. The minimum absolute atomic E-state index is 0.151. The highest BCUT2D eigenvalue weighted by molar-refractivity contribution is 7.98. The quantitative estimate of drug-likeness (QED) is 0.861. The molecule has 1 heterocycles. The number of carbonyl (C=O) groups is 2. The summed E-state index contributed by atoms with van der Waals surface area (Å²) < 4.78 is 0. The Balaban J connectivity index is 1.70. The molecule has 6 heteroatoms. The second-order valence-corrected chi connectivity index (χ2v) is 5.98. The molecule has 0 spiro atoms. The van der Waals surface area contributed by atoms with Crippen molar-refractivity contribution in [1.82, 2.24) is 0 Å². The Hall–Kier alpha value is -2.47. The Morgan fingerprint density at radius 1 is 1.17 bits per heavy atom. The van der Waals surface area contributed by atoms with Crippen molar-refractivity contribution in [3.63, 3.8) is 0 Å². The standard InChI is InChI=1S/C17H15N3O2S/c1-23-12-8-6-11(7-9-12)18-16(21)10-15-13-4-2-3-5-14(13)17(22)20-19-15/h2-9,15H,10H2,1H3,(H,18,21). The zero-order chi connectivity index (χ0) is 16.2. The zero-order valence-electron chi connectivity index (χ0n) is 12.5. The largest absolute Gasteiger partial charge is 0.326 e. The molecule has 5 nitrogen and oxygen atoms in total. The number of hydrogen-bond donors (Lipinski definition) is 1. The normalized spacial score (nSPS) is 16.0. The van der Waals surface area contributed by atoms with Crippen molar-refractivity contribution >= 4 is 29.3 Å². The molecule has 0 aromatic heterocycles. The van der Waals surface area contributed by atoms with E-state index in [9.17, 15) is 9.59 Å². The predicted octanol–water partition coefficient (Wildman–Crippen LogP) is 4.08. The fourth-order valence-corrected chi connectivity index (χ4v) is 2.84. The molecule has 2 amide bonds. The van der Waals surface area contributed by atoms with Crippen molar-refractivity contribution in [1.29, 1.82) is 0 Å². The smallest absolute Gasteiger partial charge is 0.295 e. The number of benzene rings is 2. The molecule has 1 unspecified atom stereocenters. The summed E-state index contributed by atoms with van der Waals surface area (Å²) in [6.45, 7) is 0. The van der Waals surface area contributed by atoms with E-state index in [1.165, 1.54) is 0 Å². The van der Waals surface area contributed by atoms with Crippen LogP contribution in [0.4, 0.5) is 5.69 Å². The van der Waals surface area contributed by atoms with Gasteiger partial charge in [-0.2, -0.15) is 5.11 Å². The molecule has 0 aliphatic carbocycles. The maximum atomic E-state index is 12.2. The van der Waals surface area contributed by atoms with Crippen LogP contribution in [0.25, 0.3) is 0 Å². The first-order chi connectivity index (χ1) is 11.2. The van der Waals surface area contributed by atoms with Crippen molar-refractivity contribution < 1.29 is 9.59 Å². The third kappa shape index (κ3) is 3.48. The number of azo groups is 1. The summed E-state index contributed by atoms with van der Waals surface area (Å²) in [5.41, 5.74) is 2.01. The number of anilines is 1. The van der Waals surface area contributed by atoms with Crippen LogP contribution in [-0.2, 0) is 4.79 Å². The highest BCUT2D eigenvalue weighted by atomic mass is 32.2. The van der Waals surface area contributed by atoms with E-state index in [4.69, 9.17) is 0 Å². The number of fused-ring (bicyclic) bond motifs is 1. The number of thioether (sulfide) groups is 1. The van der Waals surface area contributed by atoms with Crippen LogP contribution in [0.3, 0.4) is 0 Å². The molecule has 1 aliphatic rings. The summed E-state index contributed by atoms with van der Waals surface area (Å²) in [6.07, 6.45) is 2.15. The lowest BCUT2D eigenvalue weighted by Gasteiger charge is -2.17. The molecular formula is C17H15N3O2S. The second kappa shape index (κ2) is 6.75. The second-order valence-electron chi connectivity index (χ2n) is 5.10. The predicted molar refractivity (Wildman–Crippen MR) is 89.8 cm³/mol. The first-order valence-corrected chi connectivity index (χ1v) is 8.38. The number of hydrogen-bond acceptors (Lipinski definition) is 4. The average molecular weight is 325 g/mol. The average Bonchev–Trinajstić information content (AvgIpc) is 2.58. The molecule has 1 aliphatic heterocycles. The van der Waals surface area contributed by atoms with E-state index in [1.54, 1.807) is 23.9 Å². The van der Waals surface area contributed by atoms with Gasteiger partial charge in [0.1, 0.15) is 6.04 Å². The molecule has 3 rings (SSSR count). The van der Waals surface area contributed by atoms with Crippen molar-refractivity contribution in [2.75, 3.05) is 11.6 Å². The van der Waals surface area contributed by atoms with Gasteiger partial charge >= 0.3 is 0 Å². The number of carbonyl (C=O) groups excluding carboxylic acids is 2. The van der Waals surface area contributed by atoms with Crippen LogP contribution >= 0.6 is 11.8 Å². The Labute approximate surface area is 138 Å². The molecule has 116 valence electrons. The Morgan fingerprint density at radius 2 is 1.91 bits per heavy atom. The molecule has 0 radical (unpaired) electrons. The van der Waals surface area contributed by atoms with Crippen molar-refractivity contribution in [3.8, 4) is 0 Å². The Bertz CT molecular complexity index is 772. The van der Waals surface area contributed by atoms with Crippen LogP contribution in [0.5, 0.6) is 0 Å². The van der Waals surface area contributed by atoms with E-state index >= 15 is 0 Å². The van der Waals surface area contributed by atoms with Gasteiger partial charge in [0.05, 0.1) is 6.42 Å². The third-order valence-corrected chi connectivity index (χ3v) is 4.33. The molecule has 0 saturated carbocycles. The highest BCUT2D eigenvalue weighted by Gasteiger charge is 2.25. The molecule has 2 aromatic rings. The molecule has 2 aromatic carbocycles. The van der Waals surface area contributed by atoms with Gasteiger partial charge in [-0.3, -0.25) is 9.59 Å². The summed E-state index contributed by atoms with van der Waals surface area (Å²) in [6, 6.07) is 14.4. The van der Waals surface area contributed by atoms with Crippen LogP contribution in [0, 0.1) is 0 Å². The van der Waals surface area contributed by atoms with Crippen LogP contribution in [0.15, 0.2) is 63.7 Å². The summed E-state index contributed by atoms with van der Waals surface area (Å²) in [5, 5.41) is 10.5. The van der Waals surface area contributed by atoms with Gasteiger partial charge in [0.2, 0.25) is 5.91 Å². The van der Waals surface area contributed by atoms with Gasteiger partial charge in [0.15, 0.2) is 0 Å². The maximum Gasteiger partial charge on any atom is 0.295 e. The van der Waals surface area contributed by atoms with Crippen molar-refractivity contribution in [2.24, 2.45) is 10.2 Å². The van der Waals surface area contributed by atoms with E-state index in [0.29, 0.717) is 5.56 Å². The van der Waals surface area contributed by atoms with Crippen LogP contribution in [0.2, 0.25) is 0 Å². The Morgan fingerprint density at radius 3 is 2.65 bits per heavy atom. The molecule has 0 fully saturated rings. The van der Waals surface area contributed by atoms with Crippen molar-refractivity contribution in [3.05, 3.63) is 59.7 Å². The topological polar surface area (TPSA) is 70.9 Å². The summed E-state index contributed by atoms with van der Waals surface area (Å²) in [5.74, 6) is -0.514. The number of rotatable bonds is 4. The first kappa shape index (κ1) is 15.4. The number of amides is 2. The fourth-order valence-electron chi connectivity index (χ4n) is 2.43. The van der Waals surface area contributed by atoms with E-state index in [1.807, 2.05) is 42.7 Å². The van der Waals surface area contributed by atoms with Crippen LogP contribution in [0.1, 0.15) is 28.4 Å². The molecule has 23 heavy (non-hydrogen) atoms. The molecular weight excluding hydrogens is 310 g/mol. The minimum Gasteiger partial charge on any atom is -0.326 e. The SMILES string of the molecule is CSc1ccc(NC(=O)CC2N=NC(=O)c3ccccc32)cc1. The maximum absolute atomic E-state index is 12.2. The monoisotopic (exact) mass is 325 g/mol. The lowest BCUT2D eigenvalue weighted by Crippen LogP contribution is -2.18. The van der Waals surface area contributed by atoms with Gasteiger partial charge in [0, 0.05) is 16.1 Å². The number of nitrogens with one attached hydrogen (secondary N) is 1. The third-order valence-electron chi connectivity index (χ3n) is 3.59. The minimum atomic E-state index is -0.422. The van der Waals surface area contributed by atoms with Crippen LogP contribution in [-0.4, -0.2) is 18.1 Å². The van der Waals surface area contributed by atoms with E-state index in [2.05, 4.69) is 15.5 Å². The van der Waals surface area contributed by atoms with E-state index in [-0.39, 0.29) is 18.2 Å². The summed E-state index contributed by atoms with van der Waals surface area (Å²) in [7, 11) is 0. The molecule has 1 N–H and O–H groups in total. The van der Waals surface area contributed by atoms with E-state index in [0.717, 1.165) is 16.1 Å². The summed E-state index contributed by atoms with van der Waals surface area (Å²) in [4.78, 5) is 25.1. The van der Waals surface area contributed by atoms with Gasteiger partial charge in [-0.15, -0.1) is 16.9 Å². The lowest BCUT2D eigenvalue weighted by molar-refractivity contribution is -0.116. The van der Waals surface area contributed by atoms with Gasteiger partial charge < -0.3 is 5.32 Å². The van der Waals surface area contributed by atoms with Gasteiger partial charge in [-0.05, 0) is 42.2 Å². The van der Waals surface area contributed by atoms with Crippen LogP contribution < -0.4 is 5.32 Å². The fraction of sp³-hybridized carbons (Fsp3) is 0.176. The number of nitrogens with zero attached hydrogens (tertiary/aromatic N) is 2. The van der Waals surface area contributed by atoms with Gasteiger partial charge in [-0.25, -0.2) is 0 Å². The molecule has 1 atom stereocenters. The summed E-state index contributed by atoms with van der Waals surface area (Å²) >= 11 is 1.65. The highest BCUT2D eigenvalue weighted by Crippen LogP contribution is 2.30. The first-order valence-electron chi connectivity index (χ1n) is 7.15. The van der Waals surface area contributed by atoms with Crippen molar-refractivity contribution in [2.45, 2.75) is 17.4 Å². The van der Waals surface area contributed by atoms with Gasteiger partial charge in [-0.1, -0.05) is 18.2 Å². The Kier molecular flexibility index (Phi) is 4.52. The van der Waals surface area contributed by atoms with Gasteiger partial charge in [0.25, 0.3) is 5.91 Å². The lowest BCUT2D eigenvalue weighted by atomic mass is 9.97. The molecule has 0 saturated heterocycles.